The van der Waals surface area contributed by atoms with Crippen molar-refractivity contribution in [3.63, 3.8) is 0 Å². The molecule has 0 bridgehead atoms. The van der Waals surface area contributed by atoms with Crippen LogP contribution in [-0.4, -0.2) is 25.2 Å². The van der Waals surface area contributed by atoms with Gasteiger partial charge in [-0.15, -0.1) is 0 Å². The molecule has 1 aromatic rings. The van der Waals surface area contributed by atoms with Gasteiger partial charge < -0.3 is 9.47 Å². The average molecular weight is 391 g/mol. The second kappa shape index (κ2) is 16.1. The van der Waals surface area contributed by atoms with Gasteiger partial charge in [0.05, 0.1) is 13.2 Å². The number of esters is 2. The molecule has 4 heteroatoms. The second-order valence-electron chi connectivity index (χ2n) is 7.33. The van der Waals surface area contributed by atoms with Crippen molar-refractivity contribution in [2.75, 3.05) is 13.2 Å². The van der Waals surface area contributed by atoms with Crippen molar-refractivity contribution in [2.45, 2.75) is 90.9 Å². The van der Waals surface area contributed by atoms with Crippen LogP contribution in [0.25, 0.3) is 0 Å². The minimum Gasteiger partial charge on any atom is -0.466 e. The van der Waals surface area contributed by atoms with E-state index in [1.807, 2.05) is 24.3 Å². The molecule has 1 aromatic carbocycles. The fourth-order valence-electron chi connectivity index (χ4n) is 3.09. The highest BCUT2D eigenvalue weighted by Gasteiger charge is 2.09. The molecule has 0 amide bonds. The molecule has 0 radical (unpaired) electrons. The lowest BCUT2D eigenvalue weighted by Crippen LogP contribution is -2.09. The van der Waals surface area contributed by atoms with Crippen molar-refractivity contribution in [3.05, 3.63) is 35.4 Å². The Balaban J connectivity index is 2.29. The molecule has 0 aliphatic rings. The number of hydrogen-bond donors (Lipinski definition) is 0. The molecular weight excluding hydrogens is 352 g/mol. The number of aryl methyl sites for hydroxylation is 2. The number of carbonyl (C=O) groups excluding carboxylic acids is 2. The van der Waals surface area contributed by atoms with E-state index < -0.39 is 0 Å². The normalized spacial score (nSPS) is 10.6. The molecular formula is C24H38O4. The fraction of sp³-hybridized carbons (Fsp3) is 0.667. The summed E-state index contributed by atoms with van der Waals surface area (Å²) in [4.78, 5) is 23.8. The summed E-state index contributed by atoms with van der Waals surface area (Å²) in [6, 6.07) is 8.00. The molecule has 0 atom stereocenters. The van der Waals surface area contributed by atoms with Gasteiger partial charge in [0.15, 0.2) is 0 Å². The van der Waals surface area contributed by atoms with Crippen molar-refractivity contribution in [1.82, 2.24) is 0 Å². The molecule has 1 rings (SSSR count). The fourth-order valence-corrected chi connectivity index (χ4v) is 3.09. The van der Waals surface area contributed by atoms with Crippen LogP contribution in [-0.2, 0) is 31.9 Å². The van der Waals surface area contributed by atoms with E-state index in [1.54, 1.807) is 0 Å². The predicted octanol–water partition coefficient (Wildman–Crippen LogP) is 5.80. The largest absolute Gasteiger partial charge is 0.466 e. The summed E-state index contributed by atoms with van der Waals surface area (Å²) in [5, 5.41) is 0. The SMILES string of the molecule is CCCCCCOC(=O)CCc1ccccc1CCC(=O)OCCCCCC. The highest BCUT2D eigenvalue weighted by Crippen LogP contribution is 2.14. The molecule has 28 heavy (non-hydrogen) atoms. The number of unbranched alkanes of at least 4 members (excludes halogenated alkanes) is 6. The van der Waals surface area contributed by atoms with Crippen LogP contribution in [0, 0.1) is 0 Å². The zero-order chi connectivity index (χ0) is 20.5. The molecule has 158 valence electrons. The summed E-state index contributed by atoms with van der Waals surface area (Å²) >= 11 is 0. The van der Waals surface area contributed by atoms with Crippen LogP contribution in [0.2, 0.25) is 0 Å². The highest BCUT2D eigenvalue weighted by molar-refractivity contribution is 5.70. The van der Waals surface area contributed by atoms with Crippen molar-refractivity contribution in [3.8, 4) is 0 Å². The summed E-state index contributed by atoms with van der Waals surface area (Å²) in [6.45, 7) is 5.36. The number of rotatable bonds is 16. The van der Waals surface area contributed by atoms with Gasteiger partial charge in [0.1, 0.15) is 0 Å². The van der Waals surface area contributed by atoms with Crippen LogP contribution in [0.1, 0.15) is 89.2 Å². The predicted molar refractivity (Wildman–Crippen MR) is 113 cm³/mol. The molecule has 0 unspecified atom stereocenters. The van der Waals surface area contributed by atoms with Crippen molar-refractivity contribution in [1.29, 1.82) is 0 Å². The van der Waals surface area contributed by atoms with E-state index in [9.17, 15) is 9.59 Å². The monoisotopic (exact) mass is 390 g/mol. The van der Waals surface area contributed by atoms with E-state index in [1.165, 1.54) is 25.7 Å². The molecule has 0 saturated carbocycles. The van der Waals surface area contributed by atoms with E-state index in [-0.39, 0.29) is 11.9 Å². The summed E-state index contributed by atoms with van der Waals surface area (Å²) in [5.41, 5.74) is 2.22. The van der Waals surface area contributed by atoms with E-state index >= 15 is 0 Å². The lowest BCUT2D eigenvalue weighted by atomic mass is 9.99. The van der Waals surface area contributed by atoms with Crippen molar-refractivity contribution >= 4 is 11.9 Å². The first-order valence-electron chi connectivity index (χ1n) is 11.0. The molecule has 0 spiro atoms. The Morgan fingerprint density at radius 3 is 1.50 bits per heavy atom. The number of benzene rings is 1. The summed E-state index contributed by atoms with van der Waals surface area (Å²) in [7, 11) is 0. The Labute approximate surface area is 171 Å². The topological polar surface area (TPSA) is 52.6 Å². The third-order valence-electron chi connectivity index (χ3n) is 4.84. The van der Waals surface area contributed by atoms with Gasteiger partial charge in [-0.25, -0.2) is 0 Å². The maximum absolute atomic E-state index is 11.9. The molecule has 0 aliphatic carbocycles. The second-order valence-corrected chi connectivity index (χ2v) is 7.33. The maximum Gasteiger partial charge on any atom is 0.306 e. The van der Waals surface area contributed by atoms with Gasteiger partial charge in [0, 0.05) is 12.8 Å². The number of carbonyl (C=O) groups is 2. The Kier molecular flexibility index (Phi) is 14.0. The first-order chi connectivity index (χ1) is 13.7. The Bertz CT molecular complexity index is 504. The van der Waals surface area contributed by atoms with Gasteiger partial charge in [-0.3, -0.25) is 9.59 Å². The van der Waals surface area contributed by atoms with Crippen molar-refractivity contribution in [2.24, 2.45) is 0 Å². The lowest BCUT2D eigenvalue weighted by molar-refractivity contribution is -0.144. The standard InChI is InChI=1S/C24H38O4/c1-3-5-7-11-19-27-23(25)17-15-21-13-9-10-14-22(21)16-18-24(26)28-20-12-8-6-4-2/h9-10,13-14H,3-8,11-12,15-20H2,1-2H3. The van der Waals surface area contributed by atoms with Crippen molar-refractivity contribution < 1.29 is 19.1 Å². The zero-order valence-electron chi connectivity index (χ0n) is 17.8. The van der Waals surface area contributed by atoms with E-state index in [0.29, 0.717) is 38.9 Å². The summed E-state index contributed by atoms with van der Waals surface area (Å²) in [6.07, 6.45) is 10.9. The third kappa shape index (κ3) is 11.8. The quantitative estimate of drug-likeness (QED) is 0.264. The van der Waals surface area contributed by atoms with Gasteiger partial charge in [-0.2, -0.15) is 0 Å². The zero-order valence-corrected chi connectivity index (χ0v) is 17.8. The van der Waals surface area contributed by atoms with Crippen LogP contribution in [0.5, 0.6) is 0 Å². The summed E-state index contributed by atoms with van der Waals surface area (Å²) in [5.74, 6) is -0.282. The molecule has 0 heterocycles. The van der Waals surface area contributed by atoms with Gasteiger partial charge in [-0.05, 0) is 36.8 Å². The Morgan fingerprint density at radius 1 is 0.679 bits per heavy atom. The van der Waals surface area contributed by atoms with Crippen LogP contribution in [0.3, 0.4) is 0 Å². The summed E-state index contributed by atoms with van der Waals surface area (Å²) < 4.78 is 10.6. The number of ether oxygens (including phenoxy) is 2. The van der Waals surface area contributed by atoms with Crippen LogP contribution in [0.15, 0.2) is 24.3 Å². The highest BCUT2D eigenvalue weighted by atomic mass is 16.5. The lowest BCUT2D eigenvalue weighted by Gasteiger charge is -2.10. The van der Waals surface area contributed by atoms with Crippen LogP contribution >= 0.6 is 0 Å². The molecule has 0 fully saturated rings. The minimum absolute atomic E-state index is 0.141. The maximum atomic E-state index is 11.9. The smallest absolute Gasteiger partial charge is 0.306 e. The first-order valence-corrected chi connectivity index (χ1v) is 11.0. The third-order valence-corrected chi connectivity index (χ3v) is 4.84. The van der Waals surface area contributed by atoms with Gasteiger partial charge in [0.2, 0.25) is 0 Å². The molecule has 4 nitrogen and oxygen atoms in total. The molecule has 0 aromatic heterocycles. The van der Waals surface area contributed by atoms with Gasteiger partial charge in [0.25, 0.3) is 0 Å². The minimum atomic E-state index is -0.141. The van der Waals surface area contributed by atoms with E-state index in [0.717, 1.165) is 36.8 Å². The molecule has 0 N–H and O–H groups in total. The van der Waals surface area contributed by atoms with Crippen LogP contribution in [0.4, 0.5) is 0 Å². The van der Waals surface area contributed by atoms with Crippen LogP contribution < -0.4 is 0 Å². The number of hydrogen-bond acceptors (Lipinski definition) is 4. The van der Waals surface area contributed by atoms with Gasteiger partial charge in [-0.1, -0.05) is 76.6 Å². The Hall–Kier alpha value is -1.84. The van der Waals surface area contributed by atoms with E-state index in [4.69, 9.17) is 9.47 Å². The first kappa shape index (κ1) is 24.2. The van der Waals surface area contributed by atoms with Gasteiger partial charge >= 0.3 is 11.9 Å². The molecule has 0 aliphatic heterocycles. The van der Waals surface area contributed by atoms with E-state index in [2.05, 4.69) is 13.8 Å². The molecule has 0 saturated heterocycles. The average Bonchev–Trinajstić information content (AvgIpc) is 2.71. The Morgan fingerprint density at radius 2 is 1.11 bits per heavy atom.